The van der Waals surface area contributed by atoms with E-state index in [1.165, 1.54) is 9.40 Å². The minimum absolute atomic E-state index is 0.125. The summed E-state index contributed by atoms with van der Waals surface area (Å²) in [5.74, 6) is -0.163. The lowest BCUT2D eigenvalue weighted by atomic mass is 9.92. The number of fused-ring (bicyclic) bond motifs is 1. The second-order valence-corrected chi connectivity index (χ2v) is 7.46. The summed E-state index contributed by atoms with van der Waals surface area (Å²) in [5.41, 5.74) is 0. The first-order valence-corrected chi connectivity index (χ1v) is 8.81. The van der Waals surface area contributed by atoms with Crippen molar-refractivity contribution in [3.8, 4) is 0 Å². The van der Waals surface area contributed by atoms with E-state index >= 15 is 0 Å². The van der Waals surface area contributed by atoms with Gasteiger partial charge in [-0.2, -0.15) is 0 Å². The van der Waals surface area contributed by atoms with Gasteiger partial charge in [-0.1, -0.05) is 0 Å². The lowest BCUT2D eigenvalue weighted by Crippen LogP contribution is -2.38. The molecule has 6 heteroatoms. The Kier molecular flexibility index (Phi) is 4.26. The van der Waals surface area contributed by atoms with Crippen molar-refractivity contribution in [1.29, 1.82) is 0 Å². The van der Waals surface area contributed by atoms with E-state index in [4.69, 9.17) is 5.11 Å². The first-order chi connectivity index (χ1) is 10.1. The number of carbonyl (C=O) groups is 2. The summed E-state index contributed by atoms with van der Waals surface area (Å²) >= 11 is 3.23. The second kappa shape index (κ2) is 6.15. The Morgan fingerprint density at radius 1 is 1.29 bits per heavy atom. The molecule has 1 N–H and O–H groups in total. The van der Waals surface area contributed by atoms with Crippen molar-refractivity contribution in [3.63, 3.8) is 0 Å². The van der Waals surface area contributed by atoms with Crippen molar-refractivity contribution >= 4 is 43.9 Å². The number of thiophene rings is 2. The summed E-state index contributed by atoms with van der Waals surface area (Å²) in [5, 5.41) is 10.8. The predicted octanol–water partition coefficient (Wildman–Crippen LogP) is 3.68. The summed E-state index contributed by atoms with van der Waals surface area (Å²) < 4.78 is 2.36. The third-order valence-electron chi connectivity index (χ3n) is 4.02. The molecule has 0 aromatic carbocycles. The fraction of sp³-hybridized carbons (Fsp3) is 0.467. The monoisotopic (exact) mass is 323 g/mol. The van der Waals surface area contributed by atoms with Crippen LogP contribution in [0.3, 0.4) is 0 Å². The van der Waals surface area contributed by atoms with Gasteiger partial charge in [-0.15, -0.1) is 22.7 Å². The summed E-state index contributed by atoms with van der Waals surface area (Å²) in [6.07, 6.45) is 2.80. The average Bonchev–Trinajstić information content (AvgIpc) is 3.06. The van der Waals surface area contributed by atoms with E-state index in [1.54, 1.807) is 22.7 Å². The Morgan fingerprint density at radius 2 is 2.05 bits per heavy atom. The highest BCUT2D eigenvalue weighted by Crippen LogP contribution is 2.31. The zero-order valence-corrected chi connectivity index (χ0v) is 13.2. The molecule has 4 nitrogen and oxygen atoms in total. The van der Waals surface area contributed by atoms with E-state index in [1.807, 2.05) is 16.3 Å². The van der Waals surface area contributed by atoms with Gasteiger partial charge in [0.05, 0.1) is 4.88 Å². The number of aliphatic carboxylic acids is 1. The molecule has 0 radical (unpaired) electrons. The normalized spacial score (nSPS) is 16.5. The Balaban J connectivity index is 1.57. The maximum Gasteiger partial charge on any atom is 0.303 e. The number of rotatable bonds is 4. The molecule has 3 heterocycles. The van der Waals surface area contributed by atoms with Crippen LogP contribution < -0.4 is 0 Å². The highest BCUT2D eigenvalue weighted by atomic mass is 32.1. The van der Waals surface area contributed by atoms with Gasteiger partial charge in [0.15, 0.2) is 0 Å². The Bertz CT molecular complexity index is 624. The molecular weight excluding hydrogens is 306 g/mol. The van der Waals surface area contributed by atoms with Gasteiger partial charge in [0.25, 0.3) is 5.91 Å². The molecule has 2 aromatic rings. The largest absolute Gasteiger partial charge is 0.481 e. The number of carboxylic acid groups (broad SMARTS) is 1. The topological polar surface area (TPSA) is 57.6 Å². The summed E-state index contributed by atoms with van der Waals surface area (Å²) in [7, 11) is 0. The molecule has 2 aromatic heterocycles. The Hall–Kier alpha value is -1.40. The molecule has 0 bridgehead atoms. The zero-order chi connectivity index (χ0) is 14.8. The third kappa shape index (κ3) is 3.27. The summed E-state index contributed by atoms with van der Waals surface area (Å²) in [4.78, 5) is 25.8. The Labute approximate surface area is 131 Å². The number of hydrogen-bond donors (Lipinski definition) is 1. The first kappa shape index (κ1) is 14.5. The maximum atomic E-state index is 12.5. The average molecular weight is 323 g/mol. The van der Waals surface area contributed by atoms with Crippen LogP contribution in [0.1, 0.15) is 35.4 Å². The molecular formula is C15H17NO3S2. The van der Waals surface area contributed by atoms with Crippen LogP contribution in [-0.2, 0) is 4.79 Å². The molecule has 21 heavy (non-hydrogen) atoms. The molecule has 1 fully saturated rings. The van der Waals surface area contributed by atoms with E-state index in [0.29, 0.717) is 5.92 Å². The quantitative estimate of drug-likeness (QED) is 0.934. The van der Waals surface area contributed by atoms with Crippen molar-refractivity contribution in [2.45, 2.75) is 25.7 Å². The van der Waals surface area contributed by atoms with Gasteiger partial charge >= 0.3 is 5.97 Å². The minimum Gasteiger partial charge on any atom is -0.481 e. The number of likely N-dealkylation sites (tertiary alicyclic amines) is 1. The van der Waals surface area contributed by atoms with E-state index in [2.05, 4.69) is 6.07 Å². The fourth-order valence-electron chi connectivity index (χ4n) is 2.78. The van der Waals surface area contributed by atoms with Crippen LogP contribution in [0.15, 0.2) is 17.5 Å². The molecule has 112 valence electrons. The molecule has 1 aliphatic rings. The molecule has 0 spiro atoms. The van der Waals surface area contributed by atoms with Gasteiger partial charge in [-0.3, -0.25) is 9.59 Å². The minimum atomic E-state index is -0.729. The van der Waals surface area contributed by atoms with Crippen LogP contribution in [0, 0.1) is 5.92 Å². The molecule has 1 aliphatic heterocycles. The summed E-state index contributed by atoms with van der Waals surface area (Å²) in [6.45, 7) is 1.49. The molecule has 0 aliphatic carbocycles. The number of hydrogen-bond acceptors (Lipinski definition) is 4. The molecule has 0 saturated carbocycles. The van der Waals surface area contributed by atoms with Crippen LogP contribution >= 0.6 is 22.7 Å². The smallest absolute Gasteiger partial charge is 0.303 e. The first-order valence-electron chi connectivity index (χ1n) is 7.11. The van der Waals surface area contributed by atoms with Crippen LogP contribution in [-0.4, -0.2) is 35.0 Å². The van der Waals surface area contributed by atoms with Gasteiger partial charge in [-0.05, 0) is 42.7 Å². The van der Waals surface area contributed by atoms with Crippen LogP contribution in [0.4, 0.5) is 0 Å². The van der Waals surface area contributed by atoms with E-state index in [0.717, 1.165) is 37.2 Å². The predicted molar refractivity (Wildman–Crippen MR) is 85.2 cm³/mol. The van der Waals surface area contributed by atoms with Crippen molar-refractivity contribution in [2.24, 2.45) is 5.92 Å². The molecule has 1 saturated heterocycles. The van der Waals surface area contributed by atoms with Gasteiger partial charge in [-0.25, -0.2) is 0 Å². The van der Waals surface area contributed by atoms with Crippen LogP contribution in [0.5, 0.6) is 0 Å². The van der Waals surface area contributed by atoms with Crippen LogP contribution in [0.2, 0.25) is 0 Å². The highest BCUT2D eigenvalue weighted by molar-refractivity contribution is 7.27. The van der Waals surface area contributed by atoms with Crippen molar-refractivity contribution in [3.05, 3.63) is 22.4 Å². The zero-order valence-electron chi connectivity index (χ0n) is 11.6. The molecule has 0 atom stereocenters. The van der Waals surface area contributed by atoms with Crippen molar-refractivity contribution < 1.29 is 14.7 Å². The number of piperidine rings is 1. The fourth-order valence-corrected chi connectivity index (χ4v) is 4.86. The third-order valence-corrected chi connectivity index (χ3v) is 6.10. The molecule has 3 rings (SSSR count). The van der Waals surface area contributed by atoms with Gasteiger partial charge in [0.2, 0.25) is 0 Å². The highest BCUT2D eigenvalue weighted by Gasteiger charge is 2.25. The number of carbonyl (C=O) groups excluding carboxylic acids is 1. The molecule has 1 amide bonds. The Morgan fingerprint density at radius 3 is 2.71 bits per heavy atom. The van der Waals surface area contributed by atoms with Gasteiger partial charge < -0.3 is 10.0 Å². The van der Waals surface area contributed by atoms with Gasteiger partial charge in [0.1, 0.15) is 0 Å². The standard InChI is InChI=1S/C15H17NO3S2/c17-14(18)2-1-10-3-6-16(7-4-10)15(19)13-9-12-11(21-13)5-8-20-12/h5,8-10H,1-4,6-7H2,(H,17,18). The van der Waals surface area contributed by atoms with Crippen molar-refractivity contribution in [1.82, 2.24) is 4.90 Å². The lowest BCUT2D eigenvalue weighted by Gasteiger charge is -2.31. The summed E-state index contributed by atoms with van der Waals surface area (Å²) in [6, 6.07) is 4.04. The van der Waals surface area contributed by atoms with E-state index < -0.39 is 5.97 Å². The SMILES string of the molecule is O=C(O)CCC1CCN(C(=O)c2cc3sccc3s2)CC1. The van der Waals surface area contributed by atoms with Crippen LogP contribution in [0.25, 0.3) is 9.40 Å². The number of carboxylic acids is 1. The maximum absolute atomic E-state index is 12.5. The van der Waals surface area contributed by atoms with Crippen molar-refractivity contribution in [2.75, 3.05) is 13.1 Å². The van der Waals surface area contributed by atoms with E-state index in [-0.39, 0.29) is 12.3 Å². The van der Waals surface area contributed by atoms with Gasteiger partial charge in [0, 0.05) is 28.9 Å². The number of amides is 1. The van der Waals surface area contributed by atoms with E-state index in [9.17, 15) is 9.59 Å². The molecule has 0 unspecified atom stereocenters. The number of nitrogens with zero attached hydrogens (tertiary/aromatic N) is 1. The lowest BCUT2D eigenvalue weighted by molar-refractivity contribution is -0.137. The second-order valence-electron chi connectivity index (χ2n) is 5.43.